The van der Waals surface area contributed by atoms with Gasteiger partial charge in [-0.3, -0.25) is 4.98 Å². The van der Waals surface area contributed by atoms with Gasteiger partial charge < -0.3 is 4.57 Å². The maximum atomic E-state index is 13.6. The van der Waals surface area contributed by atoms with Gasteiger partial charge in [-0.2, -0.15) is 17.9 Å². The third kappa shape index (κ3) is 3.79. The van der Waals surface area contributed by atoms with E-state index in [4.69, 9.17) is 0 Å². The number of nitrogens with one attached hydrogen (secondary N) is 1. The highest BCUT2D eigenvalue weighted by Gasteiger charge is 2.39. The fourth-order valence-electron chi connectivity index (χ4n) is 3.36. The number of hydrogen-bond donors (Lipinski definition) is 1. The Morgan fingerprint density at radius 2 is 1.90 bits per heavy atom. The van der Waals surface area contributed by atoms with E-state index in [2.05, 4.69) is 9.97 Å². The number of alkyl halides is 3. The molecule has 0 saturated heterocycles. The Kier molecular flexibility index (Phi) is 5.05. The summed E-state index contributed by atoms with van der Waals surface area (Å²) < 4.78 is 79.7. The van der Waals surface area contributed by atoms with Crippen LogP contribution in [0.25, 0.3) is 22.4 Å². The molecule has 4 rings (SSSR count). The van der Waals surface area contributed by atoms with Crippen LogP contribution in [0.15, 0.2) is 41.6 Å². The van der Waals surface area contributed by atoms with E-state index < -0.39 is 28.1 Å². The fraction of sp³-hybridized carbons (Fsp3) is 0.368. The molecule has 6 nitrogen and oxygen atoms in total. The molecule has 1 N–H and O–H groups in total. The van der Waals surface area contributed by atoms with Crippen molar-refractivity contribution < 1.29 is 26.0 Å². The van der Waals surface area contributed by atoms with Gasteiger partial charge in [0, 0.05) is 17.6 Å². The molecule has 0 spiro atoms. The highest BCUT2D eigenvalue weighted by molar-refractivity contribution is 7.89. The van der Waals surface area contributed by atoms with Crippen molar-refractivity contribution in [3.05, 3.63) is 42.5 Å². The second kappa shape index (κ2) is 7.31. The number of halogens is 4. The predicted octanol–water partition coefficient (Wildman–Crippen LogP) is 4.19. The molecule has 3 aromatic rings. The normalized spacial score (nSPS) is 16.6. The smallest absolute Gasteiger partial charge is 0.321 e. The van der Waals surface area contributed by atoms with Crippen LogP contribution in [0.5, 0.6) is 0 Å². The van der Waals surface area contributed by atoms with Crippen LogP contribution < -0.4 is 4.72 Å². The second-order valence-electron chi connectivity index (χ2n) is 7.31. The standard InChI is InChI=1S/C19H18F4N4O2S/c1-11(19(21,22)23)26-30(28,29)15-5-6-16(24-10-15)17-8-12-7-13(20)9-25-18(12)27(17)14-3-2-4-14/h5-11,14,26H,2-4H2,1H3/t11-/m0/s1. The molecule has 0 amide bonds. The number of hydrogen-bond acceptors (Lipinski definition) is 4. The summed E-state index contributed by atoms with van der Waals surface area (Å²) in [5.41, 5.74) is 1.67. The van der Waals surface area contributed by atoms with E-state index in [0.717, 1.165) is 38.6 Å². The van der Waals surface area contributed by atoms with Crippen LogP contribution in [0.2, 0.25) is 0 Å². The summed E-state index contributed by atoms with van der Waals surface area (Å²) in [5.74, 6) is -0.473. The maximum absolute atomic E-state index is 13.6. The fourth-order valence-corrected chi connectivity index (χ4v) is 4.53. The molecule has 1 aliphatic rings. The van der Waals surface area contributed by atoms with E-state index in [1.807, 2.05) is 4.57 Å². The van der Waals surface area contributed by atoms with Gasteiger partial charge >= 0.3 is 6.18 Å². The first-order chi connectivity index (χ1) is 14.1. The quantitative estimate of drug-likeness (QED) is 0.601. The molecular formula is C19H18F4N4O2S. The van der Waals surface area contributed by atoms with Crippen LogP contribution in [-0.4, -0.2) is 35.2 Å². The van der Waals surface area contributed by atoms with Crippen molar-refractivity contribution in [2.45, 2.75) is 49.3 Å². The molecule has 3 aromatic heterocycles. The van der Waals surface area contributed by atoms with Gasteiger partial charge in [-0.1, -0.05) is 0 Å². The van der Waals surface area contributed by atoms with Crippen LogP contribution in [0, 0.1) is 5.82 Å². The summed E-state index contributed by atoms with van der Waals surface area (Å²) in [6.45, 7) is 0.725. The van der Waals surface area contributed by atoms with Crippen molar-refractivity contribution in [2.24, 2.45) is 0 Å². The molecule has 160 valence electrons. The van der Waals surface area contributed by atoms with Gasteiger partial charge in [0.25, 0.3) is 0 Å². The van der Waals surface area contributed by atoms with Gasteiger partial charge in [0.05, 0.1) is 17.6 Å². The largest absolute Gasteiger partial charge is 0.404 e. The third-order valence-electron chi connectivity index (χ3n) is 5.21. The number of nitrogens with zero attached hydrogens (tertiary/aromatic N) is 3. The van der Waals surface area contributed by atoms with Gasteiger partial charge in [0.1, 0.15) is 22.4 Å². The van der Waals surface area contributed by atoms with Crippen molar-refractivity contribution in [1.82, 2.24) is 19.3 Å². The minimum atomic E-state index is -4.70. The Morgan fingerprint density at radius 3 is 2.47 bits per heavy atom. The Bertz CT molecular complexity index is 1190. The van der Waals surface area contributed by atoms with Crippen molar-refractivity contribution >= 4 is 21.1 Å². The zero-order valence-corrected chi connectivity index (χ0v) is 16.6. The average Bonchev–Trinajstić information content (AvgIpc) is 2.97. The van der Waals surface area contributed by atoms with E-state index in [-0.39, 0.29) is 10.9 Å². The third-order valence-corrected chi connectivity index (χ3v) is 6.74. The zero-order chi connectivity index (χ0) is 21.7. The lowest BCUT2D eigenvalue weighted by atomic mass is 9.92. The van der Waals surface area contributed by atoms with Crippen molar-refractivity contribution in [1.29, 1.82) is 0 Å². The number of fused-ring (bicyclic) bond motifs is 1. The molecule has 30 heavy (non-hydrogen) atoms. The number of rotatable bonds is 5. The summed E-state index contributed by atoms with van der Waals surface area (Å²) in [4.78, 5) is 7.97. The van der Waals surface area contributed by atoms with E-state index >= 15 is 0 Å². The van der Waals surface area contributed by atoms with Crippen molar-refractivity contribution in [2.75, 3.05) is 0 Å². The molecule has 1 fully saturated rings. The summed E-state index contributed by atoms with van der Waals surface area (Å²) in [6.07, 6.45) is 0.365. The van der Waals surface area contributed by atoms with Crippen molar-refractivity contribution in [3.8, 4) is 11.4 Å². The maximum Gasteiger partial charge on any atom is 0.404 e. The molecule has 0 aliphatic heterocycles. The first-order valence-electron chi connectivity index (χ1n) is 9.28. The Hall–Kier alpha value is -2.53. The lowest BCUT2D eigenvalue weighted by Crippen LogP contribution is -2.42. The Balaban J connectivity index is 1.70. The SMILES string of the molecule is C[C@H](NS(=O)(=O)c1ccc(-c2cc3cc(F)cnc3n2C2CCC2)nc1)C(F)(F)F. The van der Waals surface area contributed by atoms with Gasteiger partial charge in [-0.25, -0.2) is 17.8 Å². The molecule has 0 unspecified atom stereocenters. The van der Waals surface area contributed by atoms with E-state index in [1.54, 1.807) is 10.8 Å². The van der Waals surface area contributed by atoms with Crippen LogP contribution in [0.3, 0.4) is 0 Å². The molecular weight excluding hydrogens is 424 g/mol. The number of sulfonamides is 1. The molecule has 1 aliphatic carbocycles. The van der Waals surface area contributed by atoms with E-state index in [0.29, 0.717) is 22.4 Å². The molecule has 3 heterocycles. The average molecular weight is 442 g/mol. The molecule has 0 aromatic carbocycles. The summed E-state index contributed by atoms with van der Waals surface area (Å²) in [6, 6.07) is 3.66. The lowest BCUT2D eigenvalue weighted by Gasteiger charge is -2.29. The van der Waals surface area contributed by atoms with Gasteiger partial charge in [0.2, 0.25) is 10.0 Å². The van der Waals surface area contributed by atoms with Gasteiger partial charge in [0.15, 0.2) is 0 Å². The first-order valence-corrected chi connectivity index (χ1v) is 10.8. The van der Waals surface area contributed by atoms with Crippen molar-refractivity contribution in [3.63, 3.8) is 0 Å². The second-order valence-corrected chi connectivity index (χ2v) is 9.03. The van der Waals surface area contributed by atoms with Crippen LogP contribution in [-0.2, 0) is 10.0 Å². The number of pyridine rings is 2. The van der Waals surface area contributed by atoms with Gasteiger partial charge in [-0.15, -0.1) is 0 Å². The molecule has 0 bridgehead atoms. The monoisotopic (exact) mass is 442 g/mol. The van der Waals surface area contributed by atoms with Crippen LogP contribution >= 0.6 is 0 Å². The molecule has 11 heteroatoms. The molecule has 1 saturated carbocycles. The minimum absolute atomic E-state index is 0.176. The molecule has 1 atom stereocenters. The van der Waals surface area contributed by atoms with Crippen LogP contribution in [0.4, 0.5) is 17.6 Å². The highest BCUT2D eigenvalue weighted by Crippen LogP contribution is 2.39. The minimum Gasteiger partial charge on any atom is -0.321 e. The van der Waals surface area contributed by atoms with E-state index in [9.17, 15) is 26.0 Å². The lowest BCUT2D eigenvalue weighted by molar-refractivity contribution is -0.147. The van der Waals surface area contributed by atoms with Gasteiger partial charge in [-0.05, 0) is 50.5 Å². The summed E-state index contributed by atoms with van der Waals surface area (Å²) in [5, 5.41) is 0.594. The Labute approximate surface area is 170 Å². The topological polar surface area (TPSA) is 76.9 Å². The highest BCUT2D eigenvalue weighted by atomic mass is 32.2. The summed E-state index contributed by atoms with van der Waals surface area (Å²) in [7, 11) is -4.39. The predicted molar refractivity (Wildman–Crippen MR) is 102 cm³/mol. The summed E-state index contributed by atoms with van der Waals surface area (Å²) >= 11 is 0. The van der Waals surface area contributed by atoms with E-state index in [1.165, 1.54) is 18.2 Å². The Morgan fingerprint density at radius 1 is 1.17 bits per heavy atom. The first kappa shape index (κ1) is 20.7. The zero-order valence-electron chi connectivity index (χ0n) is 15.8. The number of aromatic nitrogens is 3. The van der Waals surface area contributed by atoms with Crippen LogP contribution in [0.1, 0.15) is 32.2 Å². The molecule has 0 radical (unpaired) electrons.